The summed E-state index contributed by atoms with van der Waals surface area (Å²) in [6.45, 7) is 1.92. The molecule has 2 nitrogen and oxygen atoms in total. The Morgan fingerprint density at radius 3 is 1.81 bits per heavy atom. The van der Waals surface area contributed by atoms with Crippen molar-refractivity contribution in [3.8, 4) is 0 Å². The number of rotatable bonds is 3. The summed E-state index contributed by atoms with van der Waals surface area (Å²) in [4.78, 5) is 0. The van der Waals surface area contributed by atoms with Crippen LogP contribution in [0.5, 0.6) is 0 Å². The van der Waals surface area contributed by atoms with Crippen molar-refractivity contribution in [2.75, 3.05) is 10.6 Å². The predicted molar refractivity (Wildman–Crippen MR) is 86.9 cm³/mol. The van der Waals surface area contributed by atoms with Crippen LogP contribution in [-0.2, 0) is 12.6 Å². The van der Waals surface area contributed by atoms with Crippen molar-refractivity contribution in [3.63, 3.8) is 0 Å². The number of thiocarbonyl (C=S) groups is 1. The lowest BCUT2D eigenvalue weighted by Crippen LogP contribution is -2.23. The molecule has 0 aliphatic heterocycles. The third-order valence-electron chi connectivity index (χ3n) is 3.41. The minimum atomic E-state index is -5.60. The molecule has 0 saturated carbocycles. The van der Waals surface area contributed by atoms with Gasteiger partial charge in [0.1, 0.15) is 11.3 Å². The fourth-order valence-electron chi connectivity index (χ4n) is 2.09. The molecule has 0 spiro atoms. The molecule has 140 valence electrons. The van der Waals surface area contributed by atoms with Crippen LogP contribution in [0.4, 0.5) is 42.1 Å². The van der Waals surface area contributed by atoms with Crippen LogP contribution in [0.2, 0.25) is 0 Å². The van der Waals surface area contributed by atoms with E-state index in [4.69, 9.17) is 12.2 Å². The molecule has 0 aromatic heterocycles. The van der Waals surface area contributed by atoms with Crippen molar-refractivity contribution < 1.29 is 30.7 Å². The lowest BCUT2D eigenvalue weighted by Gasteiger charge is -2.16. The van der Waals surface area contributed by atoms with Gasteiger partial charge in [0, 0.05) is 5.69 Å². The summed E-state index contributed by atoms with van der Waals surface area (Å²) >= 11 is 4.77. The van der Waals surface area contributed by atoms with Crippen molar-refractivity contribution in [2.24, 2.45) is 0 Å². The second-order valence-corrected chi connectivity index (χ2v) is 5.54. The molecule has 2 aromatic carbocycles. The normalized spacial score (nSPS) is 11.4. The number of alkyl halides is 3. The lowest BCUT2D eigenvalue weighted by molar-refractivity contribution is -0.143. The first-order valence-corrected chi connectivity index (χ1v) is 7.57. The van der Waals surface area contributed by atoms with E-state index in [1.165, 1.54) is 0 Å². The molecular weight excluding hydrogens is 385 g/mol. The van der Waals surface area contributed by atoms with Gasteiger partial charge in [0.15, 0.2) is 28.4 Å². The van der Waals surface area contributed by atoms with Crippen molar-refractivity contribution >= 4 is 28.7 Å². The zero-order valence-electron chi connectivity index (χ0n) is 13.1. The smallest absolute Gasteiger partial charge is 0.332 e. The predicted octanol–water partition coefficient (Wildman–Crippen LogP) is 5.63. The molecular formula is C16H11F7N2S. The van der Waals surface area contributed by atoms with Crippen LogP contribution in [0.1, 0.15) is 18.1 Å². The number of nitrogens with one attached hydrogen (secondary N) is 2. The van der Waals surface area contributed by atoms with Gasteiger partial charge in [0.2, 0.25) is 0 Å². The highest BCUT2D eigenvalue weighted by molar-refractivity contribution is 7.80. The van der Waals surface area contributed by atoms with Crippen molar-refractivity contribution in [1.29, 1.82) is 0 Å². The first-order chi connectivity index (χ1) is 12.1. The molecule has 2 N–H and O–H groups in total. The Bertz CT molecular complexity index is 803. The van der Waals surface area contributed by atoms with Crippen LogP contribution in [0.3, 0.4) is 0 Å². The second-order valence-electron chi connectivity index (χ2n) is 5.13. The van der Waals surface area contributed by atoms with Crippen LogP contribution < -0.4 is 10.6 Å². The van der Waals surface area contributed by atoms with Crippen LogP contribution in [0.15, 0.2) is 24.3 Å². The zero-order valence-corrected chi connectivity index (χ0v) is 13.9. The van der Waals surface area contributed by atoms with Crippen LogP contribution in [0.25, 0.3) is 0 Å². The van der Waals surface area contributed by atoms with Crippen molar-refractivity contribution in [3.05, 3.63) is 58.7 Å². The second kappa shape index (κ2) is 7.48. The van der Waals surface area contributed by atoms with Gasteiger partial charge in [-0.2, -0.15) is 13.2 Å². The molecule has 0 saturated heterocycles. The SMILES string of the molecule is CCc1ccc(NC(=S)Nc2c(F)c(F)c(C(F)(F)F)c(F)c2F)cc1. The van der Waals surface area contributed by atoms with E-state index in [0.717, 1.165) is 12.0 Å². The highest BCUT2D eigenvalue weighted by Crippen LogP contribution is 2.38. The van der Waals surface area contributed by atoms with Gasteiger partial charge in [-0.15, -0.1) is 0 Å². The maximum absolute atomic E-state index is 13.8. The first kappa shape index (κ1) is 20.0. The third-order valence-corrected chi connectivity index (χ3v) is 3.61. The zero-order chi connectivity index (χ0) is 19.6. The monoisotopic (exact) mass is 396 g/mol. The molecule has 0 unspecified atom stereocenters. The minimum absolute atomic E-state index is 0.397. The third kappa shape index (κ3) is 4.06. The van der Waals surface area contributed by atoms with E-state index in [1.807, 2.05) is 12.2 Å². The van der Waals surface area contributed by atoms with Gasteiger partial charge in [0.25, 0.3) is 0 Å². The molecule has 0 atom stereocenters. The molecule has 10 heteroatoms. The van der Waals surface area contributed by atoms with Gasteiger partial charge >= 0.3 is 6.18 Å². The molecule has 2 rings (SSSR count). The number of hydrogen-bond acceptors (Lipinski definition) is 1. The topological polar surface area (TPSA) is 24.1 Å². The fraction of sp³-hybridized carbons (Fsp3) is 0.188. The van der Waals surface area contributed by atoms with E-state index in [0.29, 0.717) is 5.69 Å². The number of hydrogen-bond donors (Lipinski definition) is 2. The Hall–Kier alpha value is -2.36. The lowest BCUT2D eigenvalue weighted by atomic mass is 10.1. The molecule has 0 radical (unpaired) electrons. The summed E-state index contributed by atoms with van der Waals surface area (Å²) in [6, 6.07) is 6.66. The average molecular weight is 396 g/mol. The summed E-state index contributed by atoms with van der Waals surface area (Å²) in [5.74, 6) is -9.59. The van der Waals surface area contributed by atoms with Gasteiger partial charge < -0.3 is 10.6 Å². The van der Waals surface area contributed by atoms with E-state index < -0.39 is 45.8 Å². The van der Waals surface area contributed by atoms with Crippen LogP contribution in [0, 0.1) is 23.3 Å². The molecule has 0 aliphatic carbocycles. The first-order valence-electron chi connectivity index (χ1n) is 7.16. The van der Waals surface area contributed by atoms with Crippen molar-refractivity contribution in [2.45, 2.75) is 19.5 Å². The number of anilines is 2. The molecule has 0 aliphatic rings. The fourth-order valence-corrected chi connectivity index (χ4v) is 2.31. The standard InChI is InChI=1S/C16H11F7N2S/c1-2-7-3-5-8(6-4-7)24-15(26)25-14-12(19)10(17)9(16(21,22)23)11(18)13(14)20/h3-6H,2H2,1H3,(H2,24,25,26). The molecule has 0 fully saturated rings. The maximum Gasteiger partial charge on any atom is 0.422 e. The van der Waals surface area contributed by atoms with Crippen LogP contribution in [-0.4, -0.2) is 5.11 Å². The Balaban J connectivity index is 2.30. The maximum atomic E-state index is 13.8. The van der Waals surface area contributed by atoms with E-state index in [1.54, 1.807) is 24.3 Å². The molecule has 2 aromatic rings. The largest absolute Gasteiger partial charge is 0.422 e. The highest BCUT2D eigenvalue weighted by atomic mass is 32.1. The quantitative estimate of drug-likeness (QED) is 0.399. The van der Waals surface area contributed by atoms with Gasteiger partial charge in [0.05, 0.1) is 0 Å². The summed E-state index contributed by atoms with van der Waals surface area (Å²) in [5, 5.41) is 3.87. The molecule has 0 amide bonds. The summed E-state index contributed by atoms with van der Waals surface area (Å²) in [7, 11) is 0. The van der Waals surface area contributed by atoms with Gasteiger partial charge in [-0.1, -0.05) is 19.1 Å². The molecule has 0 heterocycles. The van der Waals surface area contributed by atoms with E-state index in [9.17, 15) is 30.7 Å². The Kier molecular flexibility index (Phi) is 5.74. The Morgan fingerprint density at radius 1 is 0.885 bits per heavy atom. The Morgan fingerprint density at radius 2 is 1.38 bits per heavy atom. The molecule has 26 heavy (non-hydrogen) atoms. The number of halogens is 7. The van der Waals surface area contributed by atoms with Gasteiger partial charge in [-0.3, -0.25) is 0 Å². The van der Waals surface area contributed by atoms with E-state index in [-0.39, 0.29) is 0 Å². The summed E-state index contributed by atoms with van der Waals surface area (Å²) in [5.41, 5.74) is -2.71. The summed E-state index contributed by atoms with van der Waals surface area (Å²) < 4.78 is 92.3. The number of benzene rings is 2. The van der Waals surface area contributed by atoms with Crippen molar-refractivity contribution in [1.82, 2.24) is 0 Å². The highest BCUT2D eigenvalue weighted by Gasteiger charge is 2.42. The number of aryl methyl sites for hydroxylation is 1. The van der Waals surface area contributed by atoms with Gasteiger partial charge in [-0.05, 0) is 36.3 Å². The Labute approximate surface area is 149 Å². The molecule has 0 bridgehead atoms. The van der Waals surface area contributed by atoms with E-state index in [2.05, 4.69) is 5.32 Å². The van der Waals surface area contributed by atoms with E-state index >= 15 is 0 Å². The summed E-state index contributed by atoms with van der Waals surface area (Å²) in [6.07, 6.45) is -4.84. The average Bonchev–Trinajstić information content (AvgIpc) is 2.56. The minimum Gasteiger partial charge on any atom is -0.332 e. The van der Waals surface area contributed by atoms with Gasteiger partial charge in [-0.25, -0.2) is 17.6 Å². The van der Waals surface area contributed by atoms with Crippen LogP contribution >= 0.6 is 12.2 Å².